The number of H-pyrrole nitrogens is 1. The lowest BCUT2D eigenvalue weighted by Gasteiger charge is -2.06. The predicted octanol–water partition coefficient (Wildman–Crippen LogP) is 4.39. The van der Waals surface area contributed by atoms with E-state index in [4.69, 9.17) is 4.74 Å². The second kappa shape index (κ2) is 9.92. The first kappa shape index (κ1) is 16.5. The molecule has 0 fully saturated rings. The minimum absolute atomic E-state index is 0.606. The van der Waals surface area contributed by atoms with Crippen LogP contribution >= 0.6 is 0 Å². The molecule has 120 valence electrons. The first-order chi connectivity index (χ1) is 10.9. The van der Waals surface area contributed by atoms with Gasteiger partial charge in [-0.3, -0.25) is 0 Å². The van der Waals surface area contributed by atoms with Gasteiger partial charge in [-0.15, -0.1) is 10.2 Å². The van der Waals surface area contributed by atoms with Crippen molar-refractivity contribution in [1.82, 2.24) is 20.6 Å². The second-order valence-electron chi connectivity index (χ2n) is 5.58. The summed E-state index contributed by atoms with van der Waals surface area (Å²) in [6.07, 6.45) is 10.5. The van der Waals surface area contributed by atoms with Crippen LogP contribution in [0.3, 0.4) is 0 Å². The van der Waals surface area contributed by atoms with Crippen LogP contribution in [0.15, 0.2) is 24.3 Å². The van der Waals surface area contributed by atoms with Crippen LogP contribution < -0.4 is 4.74 Å². The Kier molecular flexibility index (Phi) is 7.43. The summed E-state index contributed by atoms with van der Waals surface area (Å²) in [5.41, 5.74) is 0.938. The number of benzene rings is 1. The van der Waals surface area contributed by atoms with Crippen LogP contribution in [0.4, 0.5) is 0 Å². The first-order valence-corrected chi connectivity index (χ1v) is 8.37. The van der Waals surface area contributed by atoms with Gasteiger partial charge < -0.3 is 4.74 Å². The lowest BCUT2D eigenvalue weighted by Crippen LogP contribution is -1.97. The lowest BCUT2D eigenvalue weighted by molar-refractivity contribution is 0.304. The van der Waals surface area contributed by atoms with Crippen LogP contribution in [-0.2, 0) is 0 Å². The van der Waals surface area contributed by atoms with Crippen molar-refractivity contribution in [2.75, 3.05) is 6.61 Å². The highest BCUT2D eigenvalue weighted by Gasteiger charge is 2.02. The molecule has 1 N–H and O–H groups in total. The van der Waals surface area contributed by atoms with E-state index in [-0.39, 0.29) is 0 Å². The van der Waals surface area contributed by atoms with Gasteiger partial charge in [-0.2, -0.15) is 5.21 Å². The highest BCUT2D eigenvalue weighted by atomic mass is 16.5. The van der Waals surface area contributed by atoms with Gasteiger partial charge in [-0.1, -0.05) is 51.9 Å². The average molecular weight is 302 g/mol. The van der Waals surface area contributed by atoms with Gasteiger partial charge in [0.1, 0.15) is 5.75 Å². The molecular formula is C17H26N4O. The summed E-state index contributed by atoms with van der Waals surface area (Å²) >= 11 is 0. The molecule has 0 bridgehead atoms. The third-order valence-corrected chi connectivity index (χ3v) is 3.72. The lowest BCUT2D eigenvalue weighted by atomic mass is 10.1. The van der Waals surface area contributed by atoms with Crippen molar-refractivity contribution in [3.8, 4) is 17.1 Å². The van der Waals surface area contributed by atoms with Gasteiger partial charge in [0.2, 0.25) is 5.82 Å². The van der Waals surface area contributed by atoms with Gasteiger partial charge in [0.25, 0.3) is 0 Å². The molecule has 1 aromatic carbocycles. The molecule has 0 radical (unpaired) electrons. The van der Waals surface area contributed by atoms with Gasteiger partial charge in [0, 0.05) is 5.56 Å². The molecule has 0 saturated heterocycles. The van der Waals surface area contributed by atoms with E-state index in [0.717, 1.165) is 24.3 Å². The van der Waals surface area contributed by atoms with Crippen molar-refractivity contribution in [3.05, 3.63) is 24.3 Å². The normalized spacial score (nSPS) is 10.8. The highest BCUT2D eigenvalue weighted by molar-refractivity contribution is 5.54. The van der Waals surface area contributed by atoms with Crippen LogP contribution in [0, 0.1) is 0 Å². The van der Waals surface area contributed by atoms with Crippen LogP contribution in [0.2, 0.25) is 0 Å². The maximum atomic E-state index is 5.76. The number of rotatable bonds is 11. The smallest absolute Gasteiger partial charge is 0.204 e. The molecule has 2 rings (SSSR count). The Balaban J connectivity index is 1.56. The maximum absolute atomic E-state index is 5.76. The minimum Gasteiger partial charge on any atom is -0.494 e. The SMILES string of the molecule is CCCCCCCCCCOc1ccc(-c2nn[nH]n2)cc1. The zero-order valence-electron chi connectivity index (χ0n) is 13.4. The van der Waals surface area contributed by atoms with Crippen LogP contribution in [0.25, 0.3) is 11.4 Å². The molecule has 5 heteroatoms. The van der Waals surface area contributed by atoms with E-state index in [1.165, 1.54) is 44.9 Å². The Morgan fingerprint density at radius 2 is 1.59 bits per heavy atom. The summed E-state index contributed by atoms with van der Waals surface area (Å²) in [6.45, 7) is 3.04. The van der Waals surface area contributed by atoms with Gasteiger partial charge >= 0.3 is 0 Å². The maximum Gasteiger partial charge on any atom is 0.204 e. The molecule has 2 aromatic rings. The highest BCUT2D eigenvalue weighted by Crippen LogP contribution is 2.18. The number of hydrogen-bond acceptors (Lipinski definition) is 4. The van der Waals surface area contributed by atoms with E-state index >= 15 is 0 Å². The van der Waals surface area contributed by atoms with E-state index in [1.807, 2.05) is 24.3 Å². The van der Waals surface area contributed by atoms with Crippen LogP contribution in [-0.4, -0.2) is 27.2 Å². The molecule has 0 aliphatic rings. The Morgan fingerprint density at radius 1 is 0.909 bits per heavy atom. The Bertz CT molecular complexity index is 496. The van der Waals surface area contributed by atoms with E-state index in [9.17, 15) is 0 Å². The molecule has 0 spiro atoms. The zero-order chi connectivity index (χ0) is 15.5. The van der Waals surface area contributed by atoms with Crippen molar-refractivity contribution in [2.45, 2.75) is 58.3 Å². The molecule has 0 aliphatic carbocycles. The van der Waals surface area contributed by atoms with E-state index < -0.39 is 0 Å². The Morgan fingerprint density at radius 3 is 2.23 bits per heavy atom. The fraction of sp³-hybridized carbons (Fsp3) is 0.588. The number of nitrogens with zero attached hydrogens (tertiary/aromatic N) is 3. The molecule has 22 heavy (non-hydrogen) atoms. The fourth-order valence-corrected chi connectivity index (χ4v) is 2.41. The monoisotopic (exact) mass is 302 g/mol. The number of aromatic nitrogens is 4. The van der Waals surface area contributed by atoms with Crippen molar-refractivity contribution in [2.24, 2.45) is 0 Å². The summed E-state index contributed by atoms with van der Waals surface area (Å²) in [6, 6.07) is 7.81. The topological polar surface area (TPSA) is 63.7 Å². The number of ether oxygens (including phenoxy) is 1. The average Bonchev–Trinajstić information content (AvgIpc) is 3.08. The van der Waals surface area contributed by atoms with E-state index in [2.05, 4.69) is 27.5 Å². The predicted molar refractivity (Wildman–Crippen MR) is 87.7 cm³/mol. The molecular weight excluding hydrogens is 276 g/mol. The number of tetrazole rings is 1. The quantitative estimate of drug-likeness (QED) is 0.625. The van der Waals surface area contributed by atoms with Crippen molar-refractivity contribution in [1.29, 1.82) is 0 Å². The third-order valence-electron chi connectivity index (χ3n) is 3.72. The Hall–Kier alpha value is -1.91. The summed E-state index contributed by atoms with van der Waals surface area (Å²) < 4.78 is 5.76. The summed E-state index contributed by atoms with van der Waals surface area (Å²) in [5, 5.41) is 13.9. The molecule has 1 heterocycles. The molecule has 0 amide bonds. The second-order valence-corrected chi connectivity index (χ2v) is 5.58. The van der Waals surface area contributed by atoms with Crippen LogP contribution in [0.1, 0.15) is 58.3 Å². The van der Waals surface area contributed by atoms with Crippen molar-refractivity contribution >= 4 is 0 Å². The third kappa shape index (κ3) is 5.84. The van der Waals surface area contributed by atoms with Gasteiger partial charge in [-0.05, 0) is 35.9 Å². The van der Waals surface area contributed by atoms with Crippen LogP contribution in [0.5, 0.6) is 5.75 Å². The molecule has 0 saturated carbocycles. The van der Waals surface area contributed by atoms with Gasteiger partial charge in [0.05, 0.1) is 6.61 Å². The van der Waals surface area contributed by atoms with Gasteiger partial charge in [0.15, 0.2) is 0 Å². The van der Waals surface area contributed by atoms with E-state index in [1.54, 1.807) is 0 Å². The molecule has 1 aromatic heterocycles. The number of aromatic amines is 1. The molecule has 0 aliphatic heterocycles. The number of nitrogens with one attached hydrogen (secondary N) is 1. The standard InChI is InChI=1S/C17H26N4O/c1-2-3-4-5-6-7-8-9-14-22-16-12-10-15(11-13-16)17-18-20-21-19-17/h10-13H,2-9,14H2,1H3,(H,18,19,20,21). The number of unbranched alkanes of at least 4 members (excludes halogenated alkanes) is 7. The summed E-state index contributed by atoms with van der Waals surface area (Å²) in [4.78, 5) is 0. The summed E-state index contributed by atoms with van der Waals surface area (Å²) in [5.74, 6) is 1.50. The minimum atomic E-state index is 0.606. The molecule has 5 nitrogen and oxygen atoms in total. The number of hydrogen-bond donors (Lipinski definition) is 1. The Labute approximate surface area is 132 Å². The summed E-state index contributed by atoms with van der Waals surface area (Å²) in [7, 11) is 0. The fourth-order valence-electron chi connectivity index (χ4n) is 2.41. The van der Waals surface area contributed by atoms with Crippen molar-refractivity contribution < 1.29 is 4.74 Å². The zero-order valence-corrected chi connectivity index (χ0v) is 13.4. The largest absolute Gasteiger partial charge is 0.494 e. The molecule has 0 atom stereocenters. The van der Waals surface area contributed by atoms with E-state index in [0.29, 0.717) is 5.82 Å². The van der Waals surface area contributed by atoms with Gasteiger partial charge in [-0.25, -0.2) is 0 Å². The first-order valence-electron chi connectivity index (χ1n) is 8.37. The van der Waals surface area contributed by atoms with Crippen molar-refractivity contribution in [3.63, 3.8) is 0 Å². The molecule has 0 unspecified atom stereocenters.